The number of nitrogens with two attached hydrogens (primary N) is 1. The molecule has 0 aliphatic heterocycles. The first-order chi connectivity index (χ1) is 11.6. The number of rotatable bonds is 3. The smallest absolute Gasteiger partial charge is 0.384 e. The fourth-order valence-corrected chi connectivity index (χ4v) is 3.35. The molecule has 0 saturated carbocycles. The highest BCUT2D eigenvalue weighted by molar-refractivity contribution is 7.99. The standard InChI is InChI=1S/C16H16F3N5S/c1-8-4-10-5-11(21-7-12(10)24(8)3)9(2)25-15-22-13(16(17,18)19)6-14(20)23-15/h4-7,9H,1-3H3,(H2,20,22,23). The van der Waals surface area contributed by atoms with Gasteiger partial charge in [-0.1, -0.05) is 11.8 Å². The van der Waals surface area contributed by atoms with Crippen LogP contribution in [0.4, 0.5) is 19.0 Å². The zero-order chi connectivity index (χ0) is 18.4. The molecule has 0 saturated heterocycles. The average molecular weight is 367 g/mol. The number of fused-ring (bicyclic) bond motifs is 1. The van der Waals surface area contributed by atoms with Crippen LogP contribution < -0.4 is 5.73 Å². The van der Waals surface area contributed by atoms with Crippen LogP contribution in [0.15, 0.2) is 29.6 Å². The number of nitrogens with zero attached hydrogens (tertiary/aromatic N) is 4. The second-order valence-electron chi connectivity index (χ2n) is 5.73. The quantitative estimate of drug-likeness (QED) is 0.557. The maximum atomic E-state index is 12.9. The van der Waals surface area contributed by atoms with Crippen LogP contribution in [0.2, 0.25) is 0 Å². The van der Waals surface area contributed by atoms with Crippen LogP contribution in [0.25, 0.3) is 10.9 Å². The summed E-state index contributed by atoms with van der Waals surface area (Å²) in [5.41, 5.74) is 7.27. The van der Waals surface area contributed by atoms with Gasteiger partial charge in [-0.05, 0) is 26.0 Å². The van der Waals surface area contributed by atoms with Gasteiger partial charge in [-0.25, -0.2) is 9.97 Å². The van der Waals surface area contributed by atoms with Gasteiger partial charge in [0.1, 0.15) is 5.82 Å². The van der Waals surface area contributed by atoms with Crippen molar-refractivity contribution in [3.63, 3.8) is 0 Å². The summed E-state index contributed by atoms with van der Waals surface area (Å²) in [7, 11) is 1.95. The van der Waals surface area contributed by atoms with Crippen LogP contribution in [0.3, 0.4) is 0 Å². The van der Waals surface area contributed by atoms with Crippen molar-refractivity contribution < 1.29 is 13.2 Å². The topological polar surface area (TPSA) is 69.6 Å². The van der Waals surface area contributed by atoms with E-state index in [1.807, 2.05) is 37.6 Å². The molecule has 3 aromatic heterocycles. The molecule has 3 aromatic rings. The summed E-state index contributed by atoms with van der Waals surface area (Å²) in [6.45, 7) is 3.84. The summed E-state index contributed by atoms with van der Waals surface area (Å²) in [6.07, 6.45) is -2.80. The van der Waals surface area contributed by atoms with Gasteiger partial charge < -0.3 is 10.3 Å². The second kappa shape index (κ2) is 6.21. The predicted molar refractivity (Wildman–Crippen MR) is 91.2 cm³/mol. The fourth-order valence-electron chi connectivity index (χ4n) is 2.47. The van der Waals surface area contributed by atoms with Gasteiger partial charge in [0.25, 0.3) is 0 Å². The monoisotopic (exact) mass is 367 g/mol. The Balaban J connectivity index is 1.89. The first-order valence-electron chi connectivity index (χ1n) is 7.45. The Kier molecular flexibility index (Phi) is 4.36. The Morgan fingerprint density at radius 3 is 2.60 bits per heavy atom. The Bertz CT molecular complexity index is 935. The largest absolute Gasteiger partial charge is 0.433 e. The van der Waals surface area contributed by atoms with Crippen molar-refractivity contribution in [3.05, 3.63) is 41.5 Å². The first-order valence-corrected chi connectivity index (χ1v) is 8.33. The third-order valence-corrected chi connectivity index (χ3v) is 4.89. The Hall–Kier alpha value is -2.29. The highest BCUT2D eigenvalue weighted by Gasteiger charge is 2.33. The van der Waals surface area contributed by atoms with Crippen molar-refractivity contribution >= 4 is 28.5 Å². The van der Waals surface area contributed by atoms with Crippen molar-refractivity contribution in [2.75, 3.05) is 5.73 Å². The molecule has 1 unspecified atom stereocenters. The van der Waals surface area contributed by atoms with Crippen LogP contribution in [0, 0.1) is 6.92 Å². The molecule has 2 N–H and O–H groups in total. The Morgan fingerprint density at radius 1 is 1.20 bits per heavy atom. The van der Waals surface area contributed by atoms with E-state index in [9.17, 15) is 13.2 Å². The molecule has 0 radical (unpaired) electrons. The highest BCUT2D eigenvalue weighted by Crippen LogP contribution is 2.36. The van der Waals surface area contributed by atoms with E-state index in [0.29, 0.717) is 0 Å². The summed E-state index contributed by atoms with van der Waals surface area (Å²) in [4.78, 5) is 11.9. The Morgan fingerprint density at radius 2 is 1.92 bits per heavy atom. The van der Waals surface area contributed by atoms with Gasteiger partial charge in [-0.15, -0.1) is 0 Å². The molecule has 1 atom stereocenters. The molecule has 5 nitrogen and oxygen atoms in total. The zero-order valence-corrected chi connectivity index (χ0v) is 14.6. The minimum absolute atomic E-state index is 0.0223. The SMILES string of the molecule is Cc1cc2cc(C(C)Sc3nc(N)cc(C(F)(F)F)n3)ncc2n1C. The van der Waals surface area contributed by atoms with Gasteiger partial charge in [0.05, 0.1) is 22.7 Å². The molecule has 0 aromatic carbocycles. The predicted octanol–water partition coefficient (Wildman–Crippen LogP) is 4.13. The molecule has 0 aliphatic rings. The number of alkyl halides is 3. The van der Waals surface area contributed by atoms with Crippen molar-refractivity contribution in [2.45, 2.75) is 30.4 Å². The minimum atomic E-state index is -4.56. The molecular formula is C16H16F3N5S. The summed E-state index contributed by atoms with van der Waals surface area (Å²) in [6, 6.07) is 4.69. The van der Waals surface area contributed by atoms with Gasteiger partial charge in [0.2, 0.25) is 0 Å². The van der Waals surface area contributed by atoms with Crippen LogP contribution in [0.1, 0.15) is 29.3 Å². The third kappa shape index (κ3) is 3.55. The highest BCUT2D eigenvalue weighted by atomic mass is 32.2. The van der Waals surface area contributed by atoms with Gasteiger partial charge in [-0.2, -0.15) is 13.2 Å². The molecule has 3 rings (SSSR count). The average Bonchev–Trinajstić information content (AvgIpc) is 2.80. The van der Waals surface area contributed by atoms with Gasteiger partial charge >= 0.3 is 6.18 Å². The van der Waals surface area contributed by atoms with Crippen LogP contribution in [0.5, 0.6) is 0 Å². The second-order valence-corrected chi connectivity index (χ2v) is 7.04. The Labute approximate surface area is 146 Å². The van der Waals surface area contributed by atoms with E-state index in [4.69, 9.17) is 5.73 Å². The lowest BCUT2D eigenvalue weighted by molar-refractivity contribution is -0.141. The molecule has 0 fully saturated rings. The van der Waals surface area contributed by atoms with E-state index in [2.05, 4.69) is 15.0 Å². The van der Waals surface area contributed by atoms with E-state index in [-0.39, 0.29) is 16.2 Å². The molecule has 3 heterocycles. The third-order valence-electron chi connectivity index (χ3n) is 3.90. The van der Waals surface area contributed by atoms with E-state index >= 15 is 0 Å². The number of pyridine rings is 1. The summed E-state index contributed by atoms with van der Waals surface area (Å²) in [5, 5.41) is 0.778. The number of hydrogen-bond donors (Lipinski definition) is 1. The maximum absolute atomic E-state index is 12.9. The lowest BCUT2D eigenvalue weighted by Gasteiger charge is -2.12. The number of hydrogen-bond acceptors (Lipinski definition) is 5. The maximum Gasteiger partial charge on any atom is 0.433 e. The molecule has 0 bridgehead atoms. The van der Waals surface area contributed by atoms with Crippen molar-refractivity contribution in [1.29, 1.82) is 0 Å². The van der Waals surface area contributed by atoms with E-state index in [1.165, 1.54) is 0 Å². The van der Waals surface area contributed by atoms with Crippen molar-refractivity contribution in [1.82, 2.24) is 19.5 Å². The molecule has 25 heavy (non-hydrogen) atoms. The number of nitrogen functional groups attached to an aromatic ring is 1. The number of thioether (sulfide) groups is 1. The molecule has 0 aliphatic carbocycles. The van der Waals surface area contributed by atoms with Crippen LogP contribution in [-0.4, -0.2) is 19.5 Å². The summed E-state index contributed by atoms with van der Waals surface area (Å²) < 4.78 is 40.6. The van der Waals surface area contributed by atoms with E-state index in [0.717, 1.165) is 40.1 Å². The minimum Gasteiger partial charge on any atom is -0.384 e. The zero-order valence-electron chi connectivity index (χ0n) is 13.8. The normalized spacial score (nSPS) is 13.4. The summed E-state index contributed by atoms with van der Waals surface area (Å²) in [5.74, 6) is -0.209. The van der Waals surface area contributed by atoms with Crippen molar-refractivity contribution in [2.24, 2.45) is 7.05 Å². The lowest BCUT2D eigenvalue weighted by atomic mass is 10.2. The lowest BCUT2D eigenvalue weighted by Crippen LogP contribution is -2.11. The van der Waals surface area contributed by atoms with Crippen LogP contribution >= 0.6 is 11.8 Å². The molecular weight excluding hydrogens is 351 g/mol. The number of aryl methyl sites for hydroxylation is 2. The molecule has 9 heteroatoms. The molecule has 0 amide bonds. The molecule has 132 valence electrons. The van der Waals surface area contributed by atoms with Gasteiger partial charge in [-0.3, -0.25) is 4.98 Å². The number of aromatic nitrogens is 4. The van der Waals surface area contributed by atoms with Crippen LogP contribution in [-0.2, 0) is 13.2 Å². The van der Waals surface area contributed by atoms with Crippen molar-refractivity contribution in [3.8, 4) is 0 Å². The number of halogens is 3. The van der Waals surface area contributed by atoms with Gasteiger partial charge in [0.15, 0.2) is 10.9 Å². The number of anilines is 1. The van der Waals surface area contributed by atoms with E-state index < -0.39 is 11.9 Å². The molecule has 0 spiro atoms. The van der Waals surface area contributed by atoms with E-state index in [1.54, 1.807) is 6.20 Å². The summed E-state index contributed by atoms with van der Waals surface area (Å²) >= 11 is 1.09. The van der Waals surface area contributed by atoms with Gasteiger partial charge in [0, 0.05) is 24.2 Å². The first kappa shape index (κ1) is 17.5. The fraction of sp³-hybridized carbons (Fsp3) is 0.312.